The van der Waals surface area contributed by atoms with E-state index in [2.05, 4.69) is 32.6 Å². The van der Waals surface area contributed by atoms with Crippen molar-refractivity contribution < 1.29 is 17.9 Å². The molecule has 0 spiro atoms. The third kappa shape index (κ3) is 2.76. The van der Waals surface area contributed by atoms with Crippen LogP contribution in [0.4, 0.5) is 5.95 Å². The van der Waals surface area contributed by atoms with Crippen LogP contribution < -0.4 is 10.5 Å². The molecule has 152 valence electrons. The minimum absolute atomic E-state index is 0.0329. The lowest BCUT2D eigenvalue weighted by atomic mass is 10.2. The highest BCUT2D eigenvalue weighted by Gasteiger charge is 2.57. The molecule has 1 unspecified atom stereocenters. The van der Waals surface area contributed by atoms with Gasteiger partial charge in [0.15, 0.2) is 5.65 Å². The molecule has 1 saturated carbocycles. The van der Waals surface area contributed by atoms with Crippen molar-refractivity contribution in [2.24, 2.45) is 11.8 Å². The fourth-order valence-electron chi connectivity index (χ4n) is 4.25. The fraction of sp³-hybridized carbons (Fsp3) is 0.368. The number of aromatic nitrogens is 3. The number of nitrogens with two attached hydrogens (primary N) is 1. The summed E-state index contributed by atoms with van der Waals surface area (Å²) in [7, 11) is -2.41. The lowest BCUT2D eigenvalue weighted by molar-refractivity contribution is 0.159. The molecule has 1 aliphatic heterocycles. The summed E-state index contributed by atoms with van der Waals surface area (Å²) in [6.45, 7) is 3.20. The Morgan fingerprint density at radius 3 is 2.48 bits per heavy atom. The zero-order valence-corrected chi connectivity index (χ0v) is 18.8. The SMILES string of the molecule is COc1nc(N)nc2c1c(I)c(C1[C@H]3COC[C@@H]13)n2S(=O)(=O)c1ccc(C)cc1. The van der Waals surface area contributed by atoms with Gasteiger partial charge in [-0.1, -0.05) is 17.7 Å². The van der Waals surface area contributed by atoms with Crippen LogP contribution in [0, 0.1) is 22.3 Å². The quantitative estimate of drug-likeness (QED) is 0.521. The topological polar surface area (TPSA) is 109 Å². The molecule has 3 aromatic rings. The third-order valence-electron chi connectivity index (χ3n) is 5.75. The highest BCUT2D eigenvalue weighted by molar-refractivity contribution is 14.1. The predicted octanol–water partition coefficient (Wildman–Crippen LogP) is 2.53. The van der Waals surface area contributed by atoms with E-state index < -0.39 is 10.0 Å². The Bertz CT molecular complexity index is 1230. The van der Waals surface area contributed by atoms with Crippen LogP contribution in [0.25, 0.3) is 11.0 Å². The summed E-state index contributed by atoms with van der Waals surface area (Å²) in [5.74, 6) is 0.968. The summed E-state index contributed by atoms with van der Waals surface area (Å²) >= 11 is 2.17. The number of ether oxygens (including phenoxy) is 2. The van der Waals surface area contributed by atoms with E-state index in [1.165, 1.54) is 11.1 Å². The van der Waals surface area contributed by atoms with Crippen LogP contribution in [0.1, 0.15) is 17.2 Å². The number of nitrogen functional groups attached to an aromatic ring is 1. The van der Waals surface area contributed by atoms with Crippen LogP contribution in [0.3, 0.4) is 0 Å². The van der Waals surface area contributed by atoms with Gasteiger partial charge in [0.25, 0.3) is 10.0 Å². The molecule has 0 radical (unpaired) electrons. The molecular formula is C19H19IN4O4S. The summed E-state index contributed by atoms with van der Waals surface area (Å²) < 4.78 is 40.6. The Hall–Kier alpha value is -1.92. The molecule has 2 aliphatic rings. The van der Waals surface area contributed by atoms with Gasteiger partial charge in [-0.25, -0.2) is 12.4 Å². The molecule has 1 aromatic carbocycles. The molecule has 3 atom stereocenters. The number of nitrogens with zero attached hydrogens (tertiary/aromatic N) is 3. The minimum Gasteiger partial charge on any atom is -0.480 e. The van der Waals surface area contributed by atoms with E-state index in [0.717, 1.165) is 14.8 Å². The van der Waals surface area contributed by atoms with Crippen molar-refractivity contribution >= 4 is 49.6 Å². The van der Waals surface area contributed by atoms with Gasteiger partial charge in [-0.05, 0) is 53.5 Å². The molecule has 8 nitrogen and oxygen atoms in total. The number of hydrogen-bond donors (Lipinski definition) is 1. The van der Waals surface area contributed by atoms with Crippen molar-refractivity contribution in [2.45, 2.75) is 17.7 Å². The Morgan fingerprint density at radius 1 is 1.21 bits per heavy atom. The lowest BCUT2D eigenvalue weighted by Gasteiger charge is -2.13. The van der Waals surface area contributed by atoms with Gasteiger partial charge in [-0.3, -0.25) is 0 Å². The second-order valence-corrected chi connectivity index (χ2v) is 10.3. The highest BCUT2D eigenvalue weighted by atomic mass is 127. The van der Waals surface area contributed by atoms with Gasteiger partial charge in [0, 0.05) is 5.92 Å². The molecule has 2 N–H and O–H groups in total. The van der Waals surface area contributed by atoms with E-state index in [9.17, 15) is 8.42 Å². The standard InChI is InChI=1S/C19H19IN4O4S/c1-9-3-5-10(6-4-9)29(25,26)24-16(13-11-7-28-8-12(11)13)15(20)14-17(24)22-19(21)23-18(14)27-2/h3-6,11-13H,7-8H2,1-2H3,(H2,21,22,23)/t11-,12+,13?. The van der Waals surface area contributed by atoms with E-state index in [1.54, 1.807) is 24.3 Å². The van der Waals surface area contributed by atoms with Gasteiger partial charge >= 0.3 is 0 Å². The van der Waals surface area contributed by atoms with Crippen molar-refractivity contribution in [1.82, 2.24) is 13.9 Å². The zero-order valence-electron chi connectivity index (χ0n) is 15.8. The molecule has 0 amide bonds. The molecular weight excluding hydrogens is 507 g/mol. The van der Waals surface area contributed by atoms with Gasteiger partial charge < -0.3 is 15.2 Å². The molecule has 1 saturated heterocycles. The first-order valence-electron chi connectivity index (χ1n) is 9.16. The van der Waals surface area contributed by atoms with Crippen LogP contribution in [0.15, 0.2) is 29.2 Å². The van der Waals surface area contributed by atoms with E-state index in [-0.39, 0.29) is 28.3 Å². The van der Waals surface area contributed by atoms with E-state index in [4.69, 9.17) is 15.2 Å². The Labute approximate surface area is 181 Å². The smallest absolute Gasteiger partial charge is 0.269 e. The molecule has 5 rings (SSSR count). The van der Waals surface area contributed by atoms with Gasteiger partial charge in [-0.2, -0.15) is 9.97 Å². The summed E-state index contributed by atoms with van der Waals surface area (Å²) in [4.78, 5) is 8.68. The minimum atomic E-state index is -3.90. The molecule has 3 heterocycles. The maximum atomic E-state index is 13.7. The molecule has 0 bridgehead atoms. The molecule has 10 heteroatoms. The molecule has 2 aromatic heterocycles. The second kappa shape index (κ2) is 6.54. The van der Waals surface area contributed by atoms with Gasteiger partial charge in [-0.15, -0.1) is 0 Å². The summed E-state index contributed by atoms with van der Waals surface area (Å²) in [5, 5.41) is 0.568. The van der Waals surface area contributed by atoms with Crippen molar-refractivity contribution in [3.05, 3.63) is 39.1 Å². The molecule has 29 heavy (non-hydrogen) atoms. The average Bonchev–Trinajstić information content (AvgIpc) is 3.00. The first kappa shape index (κ1) is 19.1. The van der Waals surface area contributed by atoms with Crippen molar-refractivity contribution in [1.29, 1.82) is 0 Å². The summed E-state index contributed by atoms with van der Waals surface area (Å²) in [5.41, 5.74) is 7.84. The van der Waals surface area contributed by atoms with Crippen molar-refractivity contribution in [2.75, 3.05) is 26.1 Å². The number of anilines is 1. The van der Waals surface area contributed by atoms with Gasteiger partial charge in [0.2, 0.25) is 11.8 Å². The number of aryl methyl sites for hydroxylation is 1. The number of hydrogen-bond acceptors (Lipinski definition) is 7. The normalized spacial score (nSPS) is 23.3. The molecule has 1 aliphatic carbocycles. The first-order chi connectivity index (χ1) is 13.8. The van der Waals surface area contributed by atoms with Crippen LogP contribution >= 0.6 is 22.6 Å². The predicted molar refractivity (Wildman–Crippen MR) is 116 cm³/mol. The number of rotatable bonds is 4. The van der Waals surface area contributed by atoms with E-state index >= 15 is 0 Å². The molecule has 2 fully saturated rings. The second-order valence-electron chi connectivity index (χ2n) is 7.46. The van der Waals surface area contributed by atoms with Gasteiger partial charge in [0.05, 0.1) is 39.9 Å². The maximum absolute atomic E-state index is 13.7. The number of fused-ring (bicyclic) bond motifs is 2. The van der Waals surface area contributed by atoms with Gasteiger partial charge in [0.1, 0.15) is 0 Å². The van der Waals surface area contributed by atoms with E-state index in [1.807, 2.05) is 6.92 Å². The third-order valence-corrected chi connectivity index (χ3v) is 8.56. The van der Waals surface area contributed by atoms with Crippen molar-refractivity contribution in [3.63, 3.8) is 0 Å². The maximum Gasteiger partial charge on any atom is 0.269 e. The Morgan fingerprint density at radius 2 is 1.86 bits per heavy atom. The monoisotopic (exact) mass is 526 g/mol. The summed E-state index contributed by atoms with van der Waals surface area (Å²) in [6.07, 6.45) is 0. The number of halogens is 1. The van der Waals surface area contributed by atoms with Crippen LogP contribution in [-0.4, -0.2) is 42.7 Å². The fourth-order valence-corrected chi connectivity index (χ4v) is 7.01. The number of methoxy groups -OCH3 is 1. The zero-order chi connectivity index (χ0) is 20.5. The average molecular weight is 526 g/mol. The Kier molecular flexibility index (Phi) is 4.30. The number of benzene rings is 1. The highest BCUT2D eigenvalue weighted by Crippen LogP contribution is 2.59. The Balaban J connectivity index is 1.83. The summed E-state index contributed by atoms with van der Waals surface area (Å²) in [6, 6.07) is 6.80. The van der Waals surface area contributed by atoms with Crippen molar-refractivity contribution in [3.8, 4) is 5.88 Å². The lowest BCUT2D eigenvalue weighted by Crippen LogP contribution is -2.18. The van der Waals surface area contributed by atoms with Crippen LogP contribution in [0.5, 0.6) is 5.88 Å². The first-order valence-corrected chi connectivity index (χ1v) is 11.7. The largest absolute Gasteiger partial charge is 0.480 e. The van der Waals surface area contributed by atoms with E-state index in [0.29, 0.717) is 30.4 Å². The van der Waals surface area contributed by atoms with Crippen LogP contribution in [-0.2, 0) is 14.8 Å². The van der Waals surface area contributed by atoms with Crippen LogP contribution in [0.2, 0.25) is 0 Å².